The van der Waals surface area contributed by atoms with Crippen molar-refractivity contribution < 1.29 is 0 Å². The monoisotopic (exact) mass is 245 g/mol. The van der Waals surface area contributed by atoms with Crippen LogP contribution >= 0.6 is 0 Å². The first-order chi connectivity index (χ1) is 8.93. The van der Waals surface area contributed by atoms with E-state index in [4.69, 9.17) is 0 Å². The zero-order chi connectivity index (χ0) is 12.9. The summed E-state index contributed by atoms with van der Waals surface area (Å²) in [6.45, 7) is 2.28. The van der Waals surface area contributed by atoms with E-state index in [1.807, 2.05) is 0 Å². The molecule has 1 rings (SSSR count). The minimum Gasteiger partial charge on any atom is -0.0654 e. The lowest BCUT2D eigenvalue weighted by molar-refractivity contribution is 0.564. The molecule has 0 aromatic heterocycles. The molecule has 0 atom stereocenters. The Kier molecular flexibility index (Phi) is 9.61. The molecule has 0 heteroatoms. The van der Waals surface area contributed by atoms with E-state index in [0.717, 1.165) is 0 Å². The van der Waals surface area contributed by atoms with Crippen LogP contribution in [-0.2, 0) is 0 Å². The van der Waals surface area contributed by atoms with Gasteiger partial charge >= 0.3 is 0 Å². The van der Waals surface area contributed by atoms with Crippen molar-refractivity contribution in [1.29, 1.82) is 0 Å². The molecule has 0 aliphatic carbocycles. The number of unbranched alkanes of at least 4 members (excludes halogenated alkanes) is 9. The first-order valence-electron chi connectivity index (χ1n) is 7.81. The van der Waals surface area contributed by atoms with Gasteiger partial charge in [-0.2, -0.15) is 0 Å². The van der Waals surface area contributed by atoms with Crippen LogP contribution in [-0.4, -0.2) is 0 Å². The Hall–Kier alpha value is -0.780. The summed E-state index contributed by atoms with van der Waals surface area (Å²) < 4.78 is 0. The predicted molar refractivity (Wildman–Crippen MR) is 81.7 cm³/mol. The van der Waals surface area contributed by atoms with Crippen molar-refractivity contribution in [2.24, 2.45) is 0 Å². The second kappa shape index (κ2) is 11.3. The Morgan fingerprint density at radius 3 is 1.89 bits per heavy atom. The average Bonchev–Trinajstić information content (AvgIpc) is 2.42. The summed E-state index contributed by atoms with van der Waals surface area (Å²) >= 11 is 0. The third kappa shape index (κ3) is 8.33. The Bertz CT molecular complexity index is 263. The number of rotatable bonds is 11. The maximum Gasteiger partial charge on any atom is -0.00931 e. The summed E-state index contributed by atoms with van der Waals surface area (Å²) in [5, 5.41) is 0. The molecule has 0 heterocycles. The lowest BCUT2D eigenvalue weighted by Gasteiger charge is -2.02. The van der Waals surface area contributed by atoms with E-state index < -0.39 is 0 Å². The van der Waals surface area contributed by atoms with Gasteiger partial charge in [0.15, 0.2) is 0 Å². The second-order valence-electron chi connectivity index (χ2n) is 5.23. The number of benzene rings is 1. The van der Waals surface area contributed by atoms with Crippen LogP contribution in [0, 0.1) is 6.42 Å². The fourth-order valence-corrected chi connectivity index (χ4v) is 2.31. The third-order valence-electron chi connectivity index (χ3n) is 3.49. The smallest absolute Gasteiger partial charge is 0.00931 e. The van der Waals surface area contributed by atoms with Gasteiger partial charge in [0, 0.05) is 0 Å². The average molecular weight is 245 g/mol. The zero-order valence-electron chi connectivity index (χ0n) is 12.0. The third-order valence-corrected chi connectivity index (χ3v) is 3.49. The topological polar surface area (TPSA) is 0 Å². The summed E-state index contributed by atoms with van der Waals surface area (Å²) in [6, 6.07) is 10.7. The Balaban J connectivity index is 1.82. The molecule has 0 saturated carbocycles. The van der Waals surface area contributed by atoms with Crippen LogP contribution in [0.2, 0.25) is 0 Å². The van der Waals surface area contributed by atoms with Crippen molar-refractivity contribution in [2.75, 3.05) is 0 Å². The number of hydrogen-bond acceptors (Lipinski definition) is 0. The standard InChI is InChI=1S/C18H29/c1-2-3-4-5-6-7-8-9-10-12-15-18-16-13-11-14-17-18/h11,13-17H,2-10,12H2,1H3. The lowest BCUT2D eigenvalue weighted by atomic mass is 10.0. The predicted octanol–water partition coefficient (Wildman–Crippen LogP) is 6.16. The first kappa shape index (κ1) is 15.3. The highest BCUT2D eigenvalue weighted by atomic mass is 14.0. The van der Waals surface area contributed by atoms with Gasteiger partial charge in [-0.1, -0.05) is 95.0 Å². The van der Waals surface area contributed by atoms with E-state index in [2.05, 4.69) is 43.7 Å². The molecular formula is C18H29. The van der Waals surface area contributed by atoms with Gasteiger partial charge in [0.1, 0.15) is 0 Å². The minimum atomic E-state index is 1.24. The highest BCUT2D eigenvalue weighted by Gasteiger charge is 1.94. The van der Waals surface area contributed by atoms with E-state index in [-0.39, 0.29) is 0 Å². The quantitative estimate of drug-likeness (QED) is 0.409. The second-order valence-corrected chi connectivity index (χ2v) is 5.23. The molecule has 0 fully saturated rings. The molecule has 1 radical (unpaired) electrons. The van der Waals surface area contributed by atoms with Crippen molar-refractivity contribution >= 4 is 0 Å². The highest BCUT2D eigenvalue weighted by Crippen LogP contribution is 2.13. The molecule has 0 aliphatic heterocycles. The van der Waals surface area contributed by atoms with E-state index in [0.29, 0.717) is 0 Å². The summed E-state index contributed by atoms with van der Waals surface area (Å²) in [7, 11) is 0. The van der Waals surface area contributed by atoms with Crippen LogP contribution in [0.1, 0.15) is 76.7 Å². The van der Waals surface area contributed by atoms with Crippen LogP contribution in [0.4, 0.5) is 0 Å². The zero-order valence-corrected chi connectivity index (χ0v) is 12.0. The van der Waals surface area contributed by atoms with Gasteiger partial charge in [-0.25, -0.2) is 0 Å². The van der Waals surface area contributed by atoms with Crippen LogP contribution in [0.15, 0.2) is 30.3 Å². The van der Waals surface area contributed by atoms with Crippen LogP contribution in [0.3, 0.4) is 0 Å². The fraction of sp³-hybridized carbons (Fsp3) is 0.611. The van der Waals surface area contributed by atoms with Crippen molar-refractivity contribution in [1.82, 2.24) is 0 Å². The molecule has 0 spiro atoms. The van der Waals surface area contributed by atoms with Crippen molar-refractivity contribution in [3.63, 3.8) is 0 Å². The van der Waals surface area contributed by atoms with Crippen LogP contribution in [0.25, 0.3) is 0 Å². The maximum absolute atomic E-state index is 2.36. The summed E-state index contributed by atoms with van der Waals surface area (Å²) in [6.07, 6.45) is 16.3. The Labute approximate surface area is 114 Å². The molecule has 0 N–H and O–H groups in total. The molecule has 1 aromatic carbocycles. The Morgan fingerprint density at radius 1 is 0.722 bits per heavy atom. The van der Waals surface area contributed by atoms with E-state index in [1.54, 1.807) is 0 Å². The molecule has 101 valence electrons. The van der Waals surface area contributed by atoms with Crippen molar-refractivity contribution in [3.8, 4) is 0 Å². The largest absolute Gasteiger partial charge is 0.0654 e. The maximum atomic E-state index is 2.36. The van der Waals surface area contributed by atoms with Crippen LogP contribution in [0.5, 0.6) is 0 Å². The van der Waals surface area contributed by atoms with Gasteiger partial charge in [-0.3, -0.25) is 0 Å². The summed E-state index contributed by atoms with van der Waals surface area (Å²) in [5.74, 6) is 0. The summed E-state index contributed by atoms with van der Waals surface area (Å²) in [5.41, 5.74) is 1.37. The Morgan fingerprint density at radius 2 is 1.28 bits per heavy atom. The molecule has 0 bridgehead atoms. The molecule has 0 amide bonds. The lowest BCUT2D eigenvalue weighted by Crippen LogP contribution is -1.84. The van der Waals surface area contributed by atoms with E-state index in [9.17, 15) is 0 Å². The van der Waals surface area contributed by atoms with Gasteiger partial charge in [0.2, 0.25) is 0 Å². The van der Waals surface area contributed by atoms with Crippen molar-refractivity contribution in [2.45, 2.75) is 71.1 Å². The molecule has 18 heavy (non-hydrogen) atoms. The highest BCUT2D eigenvalue weighted by molar-refractivity contribution is 5.21. The van der Waals surface area contributed by atoms with Gasteiger partial charge in [0.05, 0.1) is 0 Å². The summed E-state index contributed by atoms with van der Waals surface area (Å²) in [4.78, 5) is 0. The molecule has 0 nitrogen and oxygen atoms in total. The number of hydrogen-bond donors (Lipinski definition) is 0. The normalized spacial score (nSPS) is 10.7. The molecule has 0 saturated heterocycles. The SMILES string of the molecule is CCCCCCCCCCC[CH]c1ccccc1. The minimum absolute atomic E-state index is 1.24. The fourth-order valence-electron chi connectivity index (χ4n) is 2.31. The van der Waals surface area contributed by atoms with Crippen molar-refractivity contribution in [3.05, 3.63) is 42.3 Å². The van der Waals surface area contributed by atoms with E-state index in [1.165, 1.54) is 69.8 Å². The molecular weight excluding hydrogens is 216 g/mol. The molecule has 1 aromatic rings. The van der Waals surface area contributed by atoms with Gasteiger partial charge in [0.25, 0.3) is 0 Å². The van der Waals surface area contributed by atoms with Gasteiger partial charge in [-0.15, -0.1) is 0 Å². The van der Waals surface area contributed by atoms with Gasteiger partial charge in [-0.05, 0) is 18.4 Å². The van der Waals surface area contributed by atoms with E-state index >= 15 is 0 Å². The van der Waals surface area contributed by atoms with Gasteiger partial charge < -0.3 is 0 Å². The molecule has 0 unspecified atom stereocenters. The van der Waals surface area contributed by atoms with Crippen LogP contribution < -0.4 is 0 Å². The first-order valence-corrected chi connectivity index (χ1v) is 7.81. The molecule has 0 aliphatic rings.